The number of rotatable bonds is 5. The molecule has 2 aromatic rings. The second-order valence-corrected chi connectivity index (χ2v) is 5.79. The number of hydrogen-bond donors (Lipinski definition) is 1. The number of hydrogen-bond acceptors (Lipinski definition) is 3. The third kappa shape index (κ3) is 2.94. The third-order valence-corrected chi connectivity index (χ3v) is 4.91. The highest BCUT2D eigenvalue weighted by Crippen LogP contribution is 2.32. The van der Waals surface area contributed by atoms with Gasteiger partial charge in [0.25, 0.3) is 0 Å². The summed E-state index contributed by atoms with van der Waals surface area (Å²) in [5.74, 6) is 0.949. The van der Waals surface area contributed by atoms with Gasteiger partial charge in [0.05, 0.1) is 7.11 Å². The summed E-state index contributed by atoms with van der Waals surface area (Å²) < 4.78 is 6.57. The highest BCUT2D eigenvalue weighted by atomic mass is 79.9. The summed E-state index contributed by atoms with van der Waals surface area (Å²) in [4.78, 5) is 1.32. The quantitative estimate of drug-likeness (QED) is 0.896. The second-order valence-electron chi connectivity index (χ2n) is 3.99. The molecule has 0 spiro atoms. The zero-order valence-electron chi connectivity index (χ0n) is 10.4. The summed E-state index contributed by atoms with van der Waals surface area (Å²) in [6.07, 6.45) is 0.916. The van der Waals surface area contributed by atoms with Crippen molar-refractivity contribution in [2.24, 2.45) is 0 Å². The minimum absolute atomic E-state index is 0.302. The standard InChI is InChI=1S/C14H16BrNOS/c1-16-12(14-11(15)7-8-18-14)9-10-5-3-4-6-13(10)17-2/h3-8,12,16H,9H2,1-2H3. The van der Waals surface area contributed by atoms with Gasteiger partial charge in [-0.05, 0) is 52.5 Å². The van der Waals surface area contributed by atoms with Crippen LogP contribution in [-0.4, -0.2) is 14.2 Å². The van der Waals surface area contributed by atoms with Crippen molar-refractivity contribution in [3.05, 3.63) is 50.6 Å². The van der Waals surface area contributed by atoms with Crippen molar-refractivity contribution in [3.63, 3.8) is 0 Å². The molecule has 0 amide bonds. The van der Waals surface area contributed by atoms with Gasteiger partial charge >= 0.3 is 0 Å². The van der Waals surface area contributed by atoms with Crippen molar-refractivity contribution < 1.29 is 4.74 Å². The lowest BCUT2D eigenvalue weighted by molar-refractivity contribution is 0.406. The van der Waals surface area contributed by atoms with E-state index < -0.39 is 0 Å². The van der Waals surface area contributed by atoms with E-state index in [4.69, 9.17) is 4.74 Å². The van der Waals surface area contributed by atoms with Gasteiger partial charge < -0.3 is 10.1 Å². The van der Waals surface area contributed by atoms with Gasteiger partial charge in [-0.15, -0.1) is 11.3 Å². The molecule has 96 valence electrons. The van der Waals surface area contributed by atoms with Crippen LogP contribution in [0.4, 0.5) is 0 Å². The number of ether oxygens (including phenoxy) is 1. The van der Waals surface area contributed by atoms with E-state index in [1.54, 1.807) is 18.4 Å². The van der Waals surface area contributed by atoms with Crippen LogP contribution in [0.15, 0.2) is 40.2 Å². The van der Waals surface area contributed by atoms with Crippen molar-refractivity contribution in [1.29, 1.82) is 0 Å². The normalized spacial score (nSPS) is 12.4. The van der Waals surface area contributed by atoms with Gasteiger partial charge in [0, 0.05) is 15.4 Å². The van der Waals surface area contributed by atoms with Crippen molar-refractivity contribution in [3.8, 4) is 5.75 Å². The lowest BCUT2D eigenvalue weighted by Gasteiger charge is -2.17. The number of likely N-dealkylation sites (N-methyl/N-ethyl adjacent to an activating group) is 1. The molecule has 0 aliphatic rings. The molecule has 1 unspecified atom stereocenters. The Kier molecular flexibility index (Phi) is 4.80. The van der Waals surface area contributed by atoms with Crippen LogP contribution in [0.25, 0.3) is 0 Å². The first-order chi connectivity index (χ1) is 8.76. The van der Waals surface area contributed by atoms with Crippen LogP contribution < -0.4 is 10.1 Å². The maximum Gasteiger partial charge on any atom is 0.122 e. The van der Waals surface area contributed by atoms with Crippen LogP contribution in [0.1, 0.15) is 16.5 Å². The average Bonchev–Trinajstić information content (AvgIpc) is 2.82. The third-order valence-electron chi connectivity index (χ3n) is 2.93. The van der Waals surface area contributed by atoms with Crippen LogP contribution in [0.5, 0.6) is 5.75 Å². The van der Waals surface area contributed by atoms with E-state index in [0.717, 1.165) is 12.2 Å². The molecule has 1 N–H and O–H groups in total. The molecule has 0 saturated carbocycles. The summed E-state index contributed by atoms with van der Waals surface area (Å²) in [7, 11) is 3.71. The predicted octanol–water partition coefficient (Wildman–Crippen LogP) is 4.02. The van der Waals surface area contributed by atoms with Crippen molar-refractivity contribution in [1.82, 2.24) is 5.32 Å². The van der Waals surface area contributed by atoms with E-state index in [2.05, 4.69) is 38.8 Å². The molecular weight excluding hydrogens is 310 g/mol. The SMILES string of the molecule is CNC(Cc1ccccc1OC)c1sccc1Br. The Hall–Kier alpha value is -0.840. The Morgan fingerprint density at radius 2 is 2.11 bits per heavy atom. The maximum atomic E-state index is 5.40. The average molecular weight is 326 g/mol. The van der Waals surface area contributed by atoms with E-state index in [0.29, 0.717) is 6.04 Å². The number of methoxy groups -OCH3 is 1. The van der Waals surface area contributed by atoms with Gasteiger partial charge in [0.1, 0.15) is 5.75 Å². The largest absolute Gasteiger partial charge is 0.496 e. The molecule has 0 fully saturated rings. The molecule has 1 aromatic heterocycles. The molecule has 0 aliphatic heterocycles. The summed E-state index contributed by atoms with van der Waals surface area (Å²) in [5.41, 5.74) is 1.22. The van der Waals surface area contributed by atoms with Crippen LogP contribution in [0.3, 0.4) is 0 Å². The first-order valence-electron chi connectivity index (χ1n) is 5.78. The molecule has 0 aliphatic carbocycles. The van der Waals surface area contributed by atoms with Crippen LogP contribution in [-0.2, 0) is 6.42 Å². The van der Waals surface area contributed by atoms with E-state index in [-0.39, 0.29) is 0 Å². The summed E-state index contributed by atoms with van der Waals surface area (Å²) >= 11 is 5.36. The van der Waals surface area contributed by atoms with Crippen molar-refractivity contribution >= 4 is 27.3 Å². The number of halogens is 1. The van der Waals surface area contributed by atoms with Crippen LogP contribution >= 0.6 is 27.3 Å². The number of nitrogens with one attached hydrogen (secondary N) is 1. The number of benzene rings is 1. The van der Waals surface area contributed by atoms with Crippen molar-refractivity contribution in [2.45, 2.75) is 12.5 Å². The highest BCUT2D eigenvalue weighted by molar-refractivity contribution is 9.10. The molecule has 0 bridgehead atoms. The highest BCUT2D eigenvalue weighted by Gasteiger charge is 2.16. The van der Waals surface area contributed by atoms with E-state index in [1.165, 1.54) is 14.9 Å². The molecule has 2 rings (SSSR count). The Morgan fingerprint density at radius 1 is 1.33 bits per heavy atom. The van der Waals surface area contributed by atoms with E-state index >= 15 is 0 Å². The summed E-state index contributed by atoms with van der Waals surface area (Å²) in [5, 5.41) is 5.47. The molecule has 0 radical (unpaired) electrons. The maximum absolute atomic E-state index is 5.40. The van der Waals surface area contributed by atoms with Crippen molar-refractivity contribution in [2.75, 3.05) is 14.2 Å². The zero-order valence-corrected chi connectivity index (χ0v) is 12.8. The summed E-state index contributed by atoms with van der Waals surface area (Å²) in [6.45, 7) is 0. The van der Waals surface area contributed by atoms with Crippen LogP contribution in [0.2, 0.25) is 0 Å². The van der Waals surface area contributed by atoms with E-state index in [9.17, 15) is 0 Å². The minimum Gasteiger partial charge on any atom is -0.496 e. The first-order valence-corrected chi connectivity index (χ1v) is 7.45. The first kappa shape index (κ1) is 13.6. The molecule has 1 atom stereocenters. The molecule has 2 nitrogen and oxygen atoms in total. The molecular formula is C14H16BrNOS. The van der Waals surface area contributed by atoms with Gasteiger partial charge in [-0.25, -0.2) is 0 Å². The van der Waals surface area contributed by atoms with Gasteiger partial charge in [-0.1, -0.05) is 18.2 Å². The Balaban J connectivity index is 2.23. The van der Waals surface area contributed by atoms with Crippen LogP contribution in [0, 0.1) is 0 Å². The predicted molar refractivity (Wildman–Crippen MR) is 80.5 cm³/mol. The van der Waals surface area contributed by atoms with Gasteiger partial charge in [-0.3, -0.25) is 0 Å². The van der Waals surface area contributed by atoms with Gasteiger partial charge in [0.15, 0.2) is 0 Å². The molecule has 18 heavy (non-hydrogen) atoms. The fraction of sp³-hybridized carbons (Fsp3) is 0.286. The Bertz CT molecular complexity index is 512. The minimum atomic E-state index is 0.302. The second kappa shape index (κ2) is 6.36. The molecule has 0 saturated heterocycles. The fourth-order valence-electron chi connectivity index (χ4n) is 1.97. The Morgan fingerprint density at radius 3 is 2.72 bits per heavy atom. The molecule has 1 heterocycles. The monoisotopic (exact) mass is 325 g/mol. The lowest BCUT2D eigenvalue weighted by Crippen LogP contribution is -2.18. The van der Waals surface area contributed by atoms with Gasteiger partial charge in [-0.2, -0.15) is 0 Å². The fourth-order valence-corrected chi connectivity index (χ4v) is 3.73. The zero-order chi connectivity index (χ0) is 13.0. The molecule has 1 aromatic carbocycles. The number of thiophene rings is 1. The van der Waals surface area contributed by atoms with E-state index in [1.807, 2.05) is 25.2 Å². The number of para-hydroxylation sites is 1. The molecule has 4 heteroatoms. The van der Waals surface area contributed by atoms with Gasteiger partial charge in [0.2, 0.25) is 0 Å². The lowest BCUT2D eigenvalue weighted by atomic mass is 10.0. The summed E-state index contributed by atoms with van der Waals surface area (Å²) in [6, 6.07) is 10.6. The topological polar surface area (TPSA) is 21.3 Å². The Labute approximate surface area is 120 Å². The smallest absolute Gasteiger partial charge is 0.122 e.